The number of anilines is 1. The number of aromatic nitrogens is 1. The molecule has 0 saturated carbocycles. The molecule has 0 bridgehead atoms. The summed E-state index contributed by atoms with van der Waals surface area (Å²) in [5.41, 5.74) is 1.20. The molecule has 31 heavy (non-hydrogen) atoms. The summed E-state index contributed by atoms with van der Waals surface area (Å²) in [5.74, 6) is 2.38. The van der Waals surface area contributed by atoms with E-state index in [1.54, 1.807) is 33.5 Å². The molecule has 9 heteroatoms. The Hall–Kier alpha value is -2.30. The normalized spacial score (nSPS) is 15.9. The lowest BCUT2D eigenvalue weighted by Crippen LogP contribution is -2.45. The minimum Gasteiger partial charge on any atom is -0.493 e. The minimum atomic E-state index is -0.282. The van der Waals surface area contributed by atoms with E-state index >= 15 is 0 Å². The third-order valence-electron chi connectivity index (χ3n) is 5.17. The Morgan fingerprint density at radius 2 is 2.06 bits per heavy atom. The number of aliphatic imine (C=N–C) groups is 1. The first-order chi connectivity index (χ1) is 14.6. The fourth-order valence-corrected chi connectivity index (χ4v) is 3.60. The number of benzene rings is 1. The lowest BCUT2D eigenvalue weighted by Gasteiger charge is -2.20. The van der Waals surface area contributed by atoms with Gasteiger partial charge in [0.25, 0.3) is 0 Å². The summed E-state index contributed by atoms with van der Waals surface area (Å²) < 4.78 is 24.6. The van der Waals surface area contributed by atoms with E-state index in [-0.39, 0.29) is 35.8 Å². The SMILES string of the molecule is CN=C(NCCCc1ccc(OC)c(OC)c1)NC1CCN(c2ncccc2F)C1.I. The number of hydrogen-bond acceptors (Lipinski definition) is 5. The van der Waals surface area contributed by atoms with Gasteiger partial charge in [0, 0.05) is 38.9 Å². The molecule has 7 nitrogen and oxygen atoms in total. The summed E-state index contributed by atoms with van der Waals surface area (Å²) in [7, 11) is 5.04. The van der Waals surface area contributed by atoms with Crippen LogP contribution in [-0.2, 0) is 6.42 Å². The molecular formula is C22H31FIN5O2. The van der Waals surface area contributed by atoms with Crippen molar-refractivity contribution in [3.8, 4) is 11.5 Å². The molecule has 0 radical (unpaired) electrons. The second kappa shape index (κ2) is 12.5. The summed E-state index contributed by atoms with van der Waals surface area (Å²) in [6, 6.07) is 9.25. The van der Waals surface area contributed by atoms with Gasteiger partial charge in [-0.1, -0.05) is 6.07 Å². The predicted octanol–water partition coefficient (Wildman–Crippen LogP) is 3.23. The summed E-state index contributed by atoms with van der Waals surface area (Å²) in [4.78, 5) is 10.4. The van der Waals surface area contributed by atoms with Gasteiger partial charge >= 0.3 is 0 Å². The third-order valence-corrected chi connectivity index (χ3v) is 5.17. The Morgan fingerprint density at radius 1 is 1.26 bits per heavy atom. The number of halogens is 2. The predicted molar refractivity (Wildman–Crippen MR) is 133 cm³/mol. The Labute approximate surface area is 200 Å². The van der Waals surface area contributed by atoms with Gasteiger partial charge in [0.15, 0.2) is 29.1 Å². The Bertz CT molecular complexity index is 868. The molecule has 170 valence electrons. The Morgan fingerprint density at radius 3 is 2.77 bits per heavy atom. The van der Waals surface area contributed by atoms with Gasteiger partial charge in [-0.25, -0.2) is 9.37 Å². The second-order valence-corrected chi connectivity index (χ2v) is 7.18. The van der Waals surface area contributed by atoms with Gasteiger partial charge in [0.1, 0.15) is 0 Å². The largest absolute Gasteiger partial charge is 0.493 e. The van der Waals surface area contributed by atoms with Crippen LogP contribution in [-0.4, -0.2) is 57.9 Å². The van der Waals surface area contributed by atoms with Crippen molar-refractivity contribution in [2.75, 3.05) is 45.8 Å². The van der Waals surface area contributed by atoms with Gasteiger partial charge in [-0.3, -0.25) is 4.99 Å². The van der Waals surface area contributed by atoms with Crippen molar-refractivity contribution in [3.63, 3.8) is 0 Å². The highest BCUT2D eigenvalue weighted by Gasteiger charge is 2.25. The summed E-state index contributed by atoms with van der Waals surface area (Å²) >= 11 is 0. The first-order valence-electron chi connectivity index (χ1n) is 10.2. The number of nitrogens with zero attached hydrogens (tertiary/aromatic N) is 3. The van der Waals surface area contributed by atoms with Crippen LogP contribution in [0.1, 0.15) is 18.4 Å². The molecule has 0 aliphatic carbocycles. The molecule has 1 unspecified atom stereocenters. The smallest absolute Gasteiger partial charge is 0.191 e. The molecule has 2 N–H and O–H groups in total. The Kier molecular flexibility index (Phi) is 10.1. The average Bonchev–Trinajstić information content (AvgIpc) is 3.24. The van der Waals surface area contributed by atoms with Crippen molar-refractivity contribution in [1.29, 1.82) is 0 Å². The van der Waals surface area contributed by atoms with Crippen molar-refractivity contribution in [2.24, 2.45) is 4.99 Å². The topological polar surface area (TPSA) is 71.0 Å². The number of ether oxygens (including phenoxy) is 2. The van der Waals surface area contributed by atoms with E-state index in [0.29, 0.717) is 12.4 Å². The lowest BCUT2D eigenvalue weighted by atomic mass is 10.1. The van der Waals surface area contributed by atoms with E-state index in [2.05, 4.69) is 26.7 Å². The molecule has 1 saturated heterocycles. The van der Waals surface area contributed by atoms with Gasteiger partial charge in [0.2, 0.25) is 0 Å². The van der Waals surface area contributed by atoms with Crippen molar-refractivity contribution in [3.05, 3.63) is 47.9 Å². The molecule has 1 aliphatic heterocycles. The first kappa shape index (κ1) is 25.0. The van der Waals surface area contributed by atoms with Crippen molar-refractivity contribution < 1.29 is 13.9 Å². The fourth-order valence-electron chi connectivity index (χ4n) is 3.60. The number of hydrogen-bond donors (Lipinski definition) is 2. The van der Waals surface area contributed by atoms with E-state index in [9.17, 15) is 4.39 Å². The number of pyridine rings is 1. The monoisotopic (exact) mass is 543 g/mol. The van der Waals surface area contributed by atoms with Crippen LogP contribution in [0, 0.1) is 5.82 Å². The zero-order chi connectivity index (χ0) is 21.3. The molecule has 1 aromatic heterocycles. The van der Waals surface area contributed by atoms with E-state index in [0.717, 1.165) is 49.8 Å². The van der Waals surface area contributed by atoms with Gasteiger partial charge in [-0.05, 0) is 49.1 Å². The van der Waals surface area contributed by atoms with Gasteiger partial charge in [-0.15, -0.1) is 24.0 Å². The Balaban J connectivity index is 0.00000341. The molecule has 2 heterocycles. The zero-order valence-corrected chi connectivity index (χ0v) is 20.6. The van der Waals surface area contributed by atoms with Crippen LogP contribution in [0.4, 0.5) is 10.2 Å². The molecule has 1 fully saturated rings. The van der Waals surface area contributed by atoms with Gasteiger partial charge < -0.3 is 25.0 Å². The molecule has 0 amide bonds. The second-order valence-electron chi connectivity index (χ2n) is 7.18. The quantitative estimate of drug-likeness (QED) is 0.231. The van der Waals surface area contributed by atoms with E-state index in [1.807, 2.05) is 17.0 Å². The van der Waals surface area contributed by atoms with E-state index in [4.69, 9.17) is 9.47 Å². The maximum Gasteiger partial charge on any atom is 0.191 e. The zero-order valence-electron chi connectivity index (χ0n) is 18.2. The van der Waals surface area contributed by atoms with Crippen molar-refractivity contribution >= 4 is 35.8 Å². The maximum atomic E-state index is 14.0. The van der Waals surface area contributed by atoms with Crippen LogP contribution in [0.5, 0.6) is 11.5 Å². The van der Waals surface area contributed by atoms with Gasteiger partial charge in [0.05, 0.1) is 14.2 Å². The van der Waals surface area contributed by atoms with Gasteiger partial charge in [-0.2, -0.15) is 0 Å². The third kappa shape index (κ3) is 6.84. The fraction of sp³-hybridized carbons (Fsp3) is 0.455. The molecule has 3 rings (SSSR count). The number of nitrogens with one attached hydrogen (secondary N) is 2. The molecule has 1 atom stereocenters. The highest BCUT2D eigenvalue weighted by Crippen LogP contribution is 2.28. The van der Waals surface area contributed by atoms with Crippen LogP contribution >= 0.6 is 24.0 Å². The molecule has 0 spiro atoms. The van der Waals surface area contributed by atoms with Crippen LogP contribution in [0.3, 0.4) is 0 Å². The van der Waals surface area contributed by atoms with Crippen molar-refractivity contribution in [2.45, 2.75) is 25.3 Å². The standard InChI is InChI=1S/C22H30FN5O2.HI/c1-24-22(26-12-4-6-16-8-9-19(29-2)20(14-16)30-3)27-17-10-13-28(15-17)21-18(23)7-5-11-25-21;/h5,7-9,11,14,17H,4,6,10,12-13,15H2,1-3H3,(H2,24,26,27);1H. The molecule has 1 aromatic carbocycles. The highest BCUT2D eigenvalue weighted by atomic mass is 127. The molecule has 2 aromatic rings. The first-order valence-corrected chi connectivity index (χ1v) is 10.2. The maximum absolute atomic E-state index is 14.0. The number of methoxy groups -OCH3 is 2. The van der Waals surface area contributed by atoms with Crippen LogP contribution in [0.2, 0.25) is 0 Å². The van der Waals surface area contributed by atoms with Crippen LogP contribution < -0.4 is 25.0 Å². The summed E-state index contributed by atoms with van der Waals surface area (Å²) in [6.45, 7) is 2.25. The minimum absolute atomic E-state index is 0. The number of guanidine groups is 1. The van der Waals surface area contributed by atoms with E-state index < -0.39 is 0 Å². The van der Waals surface area contributed by atoms with Crippen molar-refractivity contribution in [1.82, 2.24) is 15.6 Å². The van der Waals surface area contributed by atoms with E-state index in [1.165, 1.54) is 11.6 Å². The summed E-state index contributed by atoms with van der Waals surface area (Å²) in [5, 5.41) is 6.79. The highest BCUT2D eigenvalue weighted by molar-refractivity contribution is 14.0. The lowest BCUT2D eigenvalue weighted by molar-refractivity contribution is 0.354. The molecule has 1 aliphatic rings. The number of aryl methyl sites for hydroxylation is 1. The van der Waals surface area contributed by atoms with Crippen LogP contribution in [0.25, 0.3) is 0 Å². The molecular weight excluding hydrogens is 512 g/mol. The summed E-state index contributed by atoms with van der Waals surface area (Å²) in [6.07, 6.45) is 4.40. The average molecular weight is 543 g/mol. The number of rotatable bonds is 8. The van der Waals surface area contributed by atoms with Crippen LogP contribution in [0.15, 0.2) is 41.5 Å².